The van der Waals surface area contributed by atoms with E-state index < -0.39 is 7.12 Å². The number of fused-ring (bicyclic) bond motifs is 6. The zero-order valence-corrected chi connectivity index (χ0v) is 15.4. The van der Waals surface area contributed by atoms with Crippen LogP contribution >= 0.6 is 0 Å². The molecule has 138 valence electrons. The number of para-hydroxylation sites is 3. The average molecular weight is 377 g/mol. The lowest BCUT2D eigenvalue weighted by Crippen LogP contribution is -2.29. The first-order valence-electron chi connectivity index (χ1n) is 9.52. The number of hydrogen-bond acceptors (Lipinski definition) is 3. The van der Waals surface area contributed by atoms with Gasteiger partial charge in [-0.05, 0) is 29.7 Å². The van der Waals surface area contributed by atoms with Gasteiger partial charge in [0.25, 0.3) is 0 Å². The van der Waals surface area contributed by atoms with Gasteiger partial charge in [0.2, 0.25) is 0 Å². The normalized spacial score (nSPS) is 11.8. The maximum absolute atomic E-state index is 9.71. The van der Waals surface area contributed by atoms with Crippen LogP contribution in [0.4, 0.5) is 0 Å². The number of nitrogens with zero attached hydrogens (tertiary/aromatic N) is 1. The van der Waals surface area contributed by atoms with Crippen LogP contribution in [0.15, 0.2) is 89.3 Å². The van der Waals surface area contributed by atoms with Crippen molar-refractivity contribution in [3.63, 3.8) is 0 Å². The van der Waals surface area contributed by atoms with Crippen LogP contribution in [0.3, 0.4) is 0 Å². The summed E-state index contributed by atoms with van der Waals surface area (Å²) >= 11 is 0. The lowest BCUT2D eigenvalue weighted by Gasteiger charge is -2.09. The Labute approximate surface area is 166 Å². The van der Waals surface area contributed by atoms with Crippen LogP contribution < -0.4 is 5.46 Å². The van der Waals surface area contributed by atoms with E-state index in [1.807, 2.05) is 54.6 Å². The van der Waals surface area contributed by atoms with Gasteiger partial charge in [0.1, 0.15) is 5.58 Å². The van der Waals surface area contributed by atoms with Crippen LogP contribution in [0.5, 0.6) is 0 Å². The maximum atomic E-state index is 9.71. The number of aromatic nitrogens is 1. The van der Waals surface area contributed by atoms with E-state index in [0.29, 0.717) is 5.46 Å². The van der Waals surface area contributed by atoms with Gasteiger partial charge in [0.05, 0.1) is 16.7 Å². The summed E-state index contributed by atoms with van der Waals surface area (Å²) < 4.78 is 8.40. The molecule has 0 bridgehead atoms. The third-order valence-corrected chi connectivity index (χ3v) is 5.62. The molecule has 0 aliphatic heterocycles. The largest absolute Gasteiger partial charge is 0.488 e. The second-order valence-corrected chi connectivity index (χ2v) is 7.25. The molecule has 2 N–H and O–H groups in total. The molecule has 6 aromatic rings. The molecule has 0 aliphatic rings. The Balaban J connectivity index is 1.80. The molecule has 0 radical (unpaired) electrons. The number of rotatable bonds is 2. The second-order valence-electron chi connectivity index (χ2n) is 7.25. The van der Waals surface area contributed by atoms with Crippen molar-refractivity contribution < 1.29 is 14.5 Å². The van der Waals surface area contributed by atoms with Crippen molar-refractivity contribution in [1.82, 2.24) is 4.57 Å². The summed E-state index contributed by atoms with van der Waals surface area (Å²) in [6, 6.07) is 27.9. The SMILES string of the molecule is OB(O)c1ccc2c3ccccc3n(-c3cccc4c3oc3ccccc34)c2c1. The highest BCUT2D eigenvalue weighted by atomic mass is 16.4. The summed E-state index contributed by atoms with van der Waals surface area (Å²) in [6.45, 7) is 0. The van der Waals surface area contributed by atoms with Crippen molar-refractivity contribution in [2.75, 3.05) is 0 Å². The van der Waals surface area contributed by atoms with Crippen molar-refractivity contribution in [1.29, 1.82) is 0 Å². The standard InChI is InChI=1S/C24H16BNO3/c27-25(28)15-12-13-17-16-6-1-3-9-20(16)26(22(17)14-15)21-10-5-8-19-18-7-2-4-11-23(18)29-24(19)21/h1-14,27-28H. The average Bonchev–Trinajstić information content (AvgIpc) is 3.29. The Kier molecular flexibility index (Phi) is 3.39. The van der Waals surface area contributed by atoms with Crippen molar-refractivity contribution in [3.05, 3.63) is 84.9 Å². The van der Waals surface area contributed by atoms with E-state index in [-0.39, 0.29) is 0 Å². The Bertz CT molecular complexity index is 1540. The van der Waals surface area contributed by atoms with Gasteiger partial charge in [-0.25, -0.2) is 0 Å². The quantitative estimate of drug-likeness (QED) is 0.441. The zero-order chi connectivity index (χ0) is 19.5. The third-order valence-electron chi connectivity index (χ3n) is 5.62. The van der Waals surface area contributed by atoms with Crippen LogP contribution in [-0.2, 0) is 0 Å². The van der Waals surface area contributed by atoms with Crippen LogP contribution in [0, 0.1) is 0 Å². The van der Waals surface area contributed by atoms with Crippen LogP contribution in [0.2, 0.25) is 0 Å². The molecule has 2 heterocycles. The Morgan fingerprint density at radius 3 is 2.24 bits per heavy atom. The lowest BCUT2D eigenvalue weighted by molar-refractivity contribution is 0.426. The van der Waals surface area contributed by atoms with Crippen molar-refractivity contribution in [3.8, 4) is 5.69 Å². The monoisotopic (exact) mass is 377 g/mol. The summed E-state index contributed by atoms with van der Waals surface area (Å²) in [5.74, 6) is 0. The van der Waals surface area contributed by atoms with E-state index in [1.54, 1.807) is 6.07 Å². The molecule has 6 rings (SSSR count). The molecule has 4 nitrogen and oxygen atoms in total. The smallest absolute Gasteiger partial charge is 0.454 e. The van der Waals surface area contributed by atoms with Gasteiger partial charge in [-0.15, -0.1) is 0 Å². The van der Waals surface area contributed by atoms with Crippen molar-refractivity contribution in [2.24, 2.45) is 0 Å². The third kappa shape index (κ3) is 2.29. The lowest BCUT2D eigenvalue weighted by atomic mass is 9.80. The molecule has 0 fully saturated rings. The Hall–Kier alpha value is -3.54. The molecular weight excluding hydrogens is 361 g/mol. The van der Waals surface area contributed by atoms with Gasteiger partial charge >= 0.3 is 7.12 Å². The van der Waals surface area contributed by atoms with E-state index in [4.69, 9.17) is 4.42 Å². The first-order chi connectivity index (χ1) is 14.2. The van der Waals surface area contributed by atoms with Gasteiger partial charge in [0.15, 0.2) is 5.58 Å². The summed E-state index contributed by atoms with van der Waals surface area (Å²) in [7, 11) is -1.52. The molecule has 4 aromatic carbocycles. The van der Waals surface area contributed by atoms with Gasteiger partial charge in [-0.1, -0.05) is 60.7 Å². The molecule has 0 atom stereocenters. The molecule has 5 heteroatoms. The number of hydrogen-bond donors (Lipinski definition) is 2. The van der Waals surface area contributed by atoms with Gasteiger partial charge in [-0.2, -0.15) is 0 Å². The van der Waals surface area contributed by atoms with E-state index in [9.17, 15) is 10.0 Å². The highest BCUT2D eigenvalue weighted by Crippen LogP contribution is 2.37. The van der Waals surface area contributed by atoms with E-state index in [2.05, 4.69) is 28.8 Å². The minimum atomic E-state index is -1.52. The fraction of sp³-hybridized carbons (Fsp3) is 0. The predicted molar refractivity (Wildman–Crippen MR) is 118 cm³/mol. The molecule has 0 unspecified atom stereocenters. The summed E-state index contributed by atoms with van der Waals surface area (Å²) in [5.41, 5.74) is 4.99. The fourth-order valence-corrected chi connectivity index (χ4v) is 4.32. The molecule has 0 amide bonds. The fourth-order valence-electron chi connectivity index (χ4n) is 4.32. The molecular formula is C24H16BNO3. The van der Waals surface area contributed by atoms with Crippen LogP contribution in [0.25, 0.3) is 49.4 Å². The minimum Gasteiger partial charge on any atom is -0.454 e. The molecule has 29 heavy (non-hydrogen) atoms. The van der Waals surface area contributed by atoms with E-state index in [1.165, 1.54) is 0 Å². The van der Waals surface area contributed by atoms with Gasteiger partial charge in [0, 0.05) is 21.5 Å². The Morgan fingerprint density at radius 2 is 1.38 bits per heavy atom. The summed E-state index contributed by atoms with van der Waals surface area (Å²) in [6.07, 6.45) is 0. The summed E-state index contributed by atoms with van der Waals surface area (Å²) in [4.78, 5) is 0. The van der Waals surface area contributed by atoms with Crippen LogP contribution in [-0.4, -0.2) is 21.7 Å². The predicted octanol–water partition coefficient (Wildman–Crippen LogP) is 4.36. The molecule has 0 saturated carbocycles. The number of benzene rings is 4. The zero-order valence-electron chi connectivity index (χ0n) is 15.4. The Morgan fingerprint density at radius 1 is 0.655 bits per heavy atom. The van der Waals surface area contributed by atoms with Gasteiger partial charge in [-0.3, -0.25) is 0 Å². The summed E-state index contributed by atoms with van der Waals surface area (Å²) in [5, 5.41) is 23.7. The molecule has 0 spiro atoms. The number of furan rings is 1. The minimum absolute atomic E-state index is 0.457. The second kappa shape index (κ2) is 5.98. The molecule has 0 saturated heterocycles. The van der Waals surface area contributed by atoms with Crippen LogP contribution in [0.1, 0.15) is 0 Å². The highest BCUT2D eigenvalue weighted by molar-refractivity contribution is 6.59. The highest BCUT2D eigenvalue weighted by Gasteiger charge is 2.19. The van der Waals surface area contributed by atoms with Crippen molar-refractivity contribution >= 4 is 56.3 Å². The molecule has 0 aliphatic carbocycles. The first-order valence-corrected chi connectivity index (χ1v) is 9.52. The van der Waals surface area contributed by atoms with E-state index >= 15 is 0 Å². The van der Waals surface area contributed by atoms with Crippen molar-refractivity contribution in [2.45, 2.75) is 0 Å². The maximum Gasteiger partial charge on any atom is 0.488 e. The first kappa shape index (κ1) is 16.4. The van der Waals surface area contributed by atoms with E-state index in [0.717, 1.165) is 49.4 Å². The molecule has 2 aromatic heterocycles. The van der Waals surface area contributed by atoms with Gasteiger partial charge < -0.3 is 19.0 Å². The topological polar surface area (TPSA) is 58.5 Å².